The van der Waals surface area contributed by atoms with Crippen molar-refractivity contribution in [3.63, 3.8) is 0 Å². The van der Waals surface area contributed by atoms with Crippen LogP contribution in [0.4, 0.5) is 0 Å². The van der Waals surface area contributed by atoms with Crippen LogP contribution in [0, 0.1) is 0 Å². The Morgan fingerprint density at radius 1 is 1.26 bits per heavy atom. The molecule has 0 aliphatic carbocycles. The Labute approximate surface area is 141 Å². The Morgan fingerprint density at radius 3 is 2.48 bits per heavy atom. The van der Waals surface area contributed by atoms with E-state index in [4.69, 9.17) is 16.3 Å². The molecule has 2 rings (SSSR count). The number of amides is 1. The van der Waals surface area contributed by atoms with Gasteiger partial charge in [0.2, 0.25) is 0 Å². The van der Waals surface area contributed by atoms with E-state index in [1.165, 1.54) is 13.4 Å². The molecular weight excluding hydrogens is 340 g/mol. The summed E-state index contributed by atoms with van der Waals surface area (Å²) in [6.07, 6.45) is 1.23. The van der Waals surface area contributed by atoms with Gasteiger partial charge >= 0.3 is 0 Å². The van der Waals surface area contributed by atoms with Crippen LogP contribution in [0.3, 0.4) is 0 Å². The van der Waals surface area contributed by atoms with E-state index in [1.807, 2.05) is 0 Å². The van der Waals surface area contributed by atoms with E-state index >= 15 is 0 Å². The van der Waals surface area contributed by atoms with Gasteiger partial charge in [0.05, 0.1) is 18.4 Å². The molecule has 128 valence electrons. The number of ether oxygens (including phenoxy) is 1. The molecule has 0 bridgehead atoms. The van der Waals surface area contributed by atoms with Crippen molar-refractivity contribution in [2.45, 2.75) is 0 Å². The minimum absolute atomic E-state index is 0.118. The molecular formula is C15H21ClN2O4S. The van der Waals surface area contributed by atoms with Crippen molar-refractivity contribution in [3.8, 4) is 5.75 Å². The highest BCUT2D eigenvalue weighted by molar-refractivity contribution is 7.90. The van der Waals surface area contributed by atoms with Gasteiger partial charge in [0.1, 0.15) is 15.6 Å². The molecule has 1 aromatic rings. The number of hydrogen-bond donors (Lipinski definition) is 0. The zero-order chi connectivity index (χ0) is 17.0. The van der Waals surface area contributed by atoms with Gasteiger partial charge in [0, 0.05) is 44.0 Å². The fourth-order valence-electron chi connectivity index (χ4n) is 2.49. The van der Waals surface area contributed by atoms with Gasteiger partial charge in [-0.3, -0.25) is 9.69 Å². The molecule has 1 aliphatic heterocycles. The Kier molecular flexibility index (Phi) is 5.89. The van der Waals surface area contributed by atoms with Crippen molar-refractivity contribution in [2.75, 3.05) is 51.8 Å². The summed E-state index contributed by atoms with van der Waals surface area (Å²) in [5.41, 5.74) is 0.449. The van der Waals surface area contributed by atoms with Crippen molar-refractivity contribution < 1.29 is 17.9 Å². The number of carbonyl (C=O) groups is 1. The summed E-state index contributed by atoms with van der Waals surface area (Å²) in [7, 11) is -1.45. The molecule has 6 nitrogen and oxygen atoms in total. The number of benzene rings is 1. The number of rotatable bonds is 5. The highest BCUT2D eigenvalue weighted by Gasteiger charge is 2.24. The van der Waals surface area contributed by atoms with Gasteiger partial charge in [0.15, 0.2) is 0 Å². The van der Waals surface area contributed by atoms with Crippen molar-refractivity contribution in [1.82, 2.24) is 9.80 Å². The van der Waals surface area contributed by atoms with Gasteiger partial charge in [-0.25, -0.2) is 8.42 Å². The van der Waals surface area contributed by atoms with Crippen LogP contribution in [0.5, 0.6) is 5.75 Å². The van der Waals surface area contributed by atoms with Crippen LogP contribution in [0.2, 0.25) is 5.02 Å². The first-order chi connectivity index (χ1) is 10.8. The summed E-state index contributed by atoms with van der Waals surface area (Å²) >= 11 is 5.97. The summed E-state index contributed by atoms with van der Waals surface area (Å²) < 4.78 is 27.7. The second-order valence-corrected chi connectivity index (χ2v) is 8.30. The van der Waals surface area contributed by atoms with Crippen LogP contribution < -0.4 is 4.74 Å². The number of halogens is 1. The standard InChI is InChI=1S/C15H21ClN2O4S/c1-22-14-4-3-12(16)11-13(14)15(19)18-7-5-17(6-8-18)9-10-23(2,20)21/h3-4,11H,5-10H2,1-2H3. The van der Waals surface area contributed by atoms with Crippen LogP contribution in [0.1, 0.15) is 10.4 Å². The lowest BCUT2D eigenvalue weighted by Crippen LogP contribution is -2.49. The maximum atomic E-state index is 12.6. The molecule has 8 heteroatoms. The van der Waals surface area contributed by atoms with Gasteiger partial charge in [-0.05, 0) is 18.2 Å². The van der Waals surface area contributed by atoms with E-state index in [0.29, 0.717) is 49.1 Å². The highest BCUT2D eigenvalue weighted by atomic mass is 35.5. The first-order valence-corrected chi connectivity index (χ1v) is 9.77. The summed E-state index contributed by atoms with van der Waals surface area (Å²) in [5, 5.41) is 0.487. The number of carbonyl (C=O) groups excluding carboxylic acids is 1. The first-order valence-electron chi connectivity index (χ1n) is 7.33. The fraction of sp³-hybridized carbons (Fsp3) is 0.533. The molecule has 1 heterocycles. The molecule has 0 unspecified atom stereocenters. The van der Waals surface area contributed by atoms with Crippen molar-refractivity contribution in [1.29, 1.82) is 0 Å². The quantitative estimate of drug-likeness (QED) is 0.788. The van der Waals surface area contributed by atoms with E-state index in [0.717, 1.165) is 0 Å². The SMILES string of the molecule is COc1ccc(Cl)cc1C(=O)N1CCN(CCS(C)(=O)=O)CC1. The maximum Gasteiger partial charge on any atom is 0.257 e. The van der Waals surface area contributed by atoms with Gasteiger partial charge in [0.25, 0.3) is 5.91 Å². The molecule has 1 fully saturated rings. The Bertz CT molecular complexity index is 670. The van der Waals surface area contributed by atoms with Gasteiger partial charge in [-0.1, -0.05) is 11.6 Å². The van der Waals surface area contributed by atoms with E-state index in [1.54, 1.807) is 23.1 Å². The third-order valence-corrected chi connectivity index (χ3v) is 4.99. The number of piperazine rings is 1. The highest BCUT2D eigenvalue weighted by Crippen LogP contribution is 2.24. The van der Waals surface area contributed by atoms with E-state index < -0.39 is 9.84 Å². The fourth-order valence-corrected chi connectivity index (χ4v) is 3.25. The molecule has 1 aliphatic rings. The van der Waals surface area contributed by atoms with Gasteiger partial charge in [-0.15, -0.1) is 0 Å². The zero-order valence-corrected chi connectivity index (χ0v) is 14.9. The molecule has 0 atom stereocenters. The van der Waals surface area contributed by atoms with Crippen LogP contribution in [-0.2, 0) is 9.84 Å². The predicted molar refractivity (Wildman–Crippen MR) is 90.1 cm³/mol. The minimum atomic E-state index is -2.96. The lowest BCUT2D eigenvalue weighted by molar-refractivity contribution is 0.0641. The smallest absolute Gasteiger partial charge is 0.257 e. The second-order valence-electron chi connectivity index (χ2n) is 5.61. The monoisotopic (exact) mass is 360 g/mol. The molecule has 0 radical (unpaired) electrons. The van der Waals surface area contributed by atoms with Crippen molar-refractivity contribution in [3.05, 3.63) is 28.8 Å². The number of nitrogens with zero attached hydrogens (tertiary/aromatic N) is 2. The Morgan fingerprint density at radius 2 is 1.91 bits per heavy atom. The number of sulfone groups is 1. The van der Waals surface area contributed by atoms with Gasteiger partial charge < -0.3 is 9.64 Å². The summed E-state index contributed by atoms with van der Waals surface area (Å²) in [5.74, 6) is 0.523. The van der Waals surface area contributed by atoms with E-state index in [2.05, 4.69) is 4.90 Å². The van der Waals surface area contributed by atoms with Crippen molar-refractivity contribution in [2.24, 2.45) is 0 Å². The lowest BCUT2D eigenvalue weighted by atomic mass is 10.1. The molecule has 1 aromatic carbocycles. The number of hydrogen-bond acceptors (Lipinski definition) is 5. The summed E-state index contributed by atoms with van der Waals surface area (Å²) in [4.78, 5) is 16.4. The molecule has 0 spiro atoms. The van der Waals surface area contributed by atoms with Crippen LogP contribution in [0.15, 0.2) is 18.2 Å². The molecule has 0 saturated carbocycles. The summed E-state index contributed by atoms with van der Waals surface area (Å²) in [6.45, 7) is 2.92. The normalized spacial score (nSPS) is 16.4. The van der Waals surface area contributed by atoms with Crippen LogP contribution in [0.25, 0.3) is 0 Å². The third-order valence-electron chi connectivity index (χ3n) is 3.83. The molecule has 23 heavy (non-hydrogen) atoms. The van der Waals surface area contributed by atoms with Crippen LogP contribution in [-0.4, -0.2) is 76.0 Å². The molecule has 0 aromatic heterocycles. The average Bonchev–Trinajstić information content (AvgIpc) is 2.52. The topological polar surface area (TPSA) is 66.9 Å². The average molecular weight is 361 g/mol. The van der Waals surface area contributed by atoms with E-state index in [9.17, 15) is 13.2 Å². The molecule has 0 N–H and O–H groups in total. The first kappa shape index (κ1) is 18.0. The zero-order valence-electron chi connectivity index (χ0n) is 13.3. The second kappa shape index (κ2) is 7.51. The van der Waals surface area contributed by atoms with Crippen molar-refractivity contribution >= 4 is 27.3 Å². The summed E-state index contributed by atoms with van der Waals surface area (Å²) in [6, 6.07) is 4.97. The molecule has 1 amide bonds. The van der Waals surface area contributed by atoms with Crippen LogP contribution >= 0.6 is 11.6 Å². The largest absolute Gasteiger partial charge is 0.496 e. The Hall–Kier alpha value is -1.31. The molecule has 1 saturated heterocycles. The van der Waals surface area contributed by atoms with E-state index in [-0.39, 0.29) is 11.7 Å². The maximum absolute atomic E-state index is 12.6. The number of methoxy groups -OCH3 is 1. The lowest BCUT2D eigenvalue weighted by Gasteiger charge is -2.34. The minimum Gasteiger partial charge on any atom is -0.496 e. The van der Waals surface area contributed by atoms with Gasteiger partial charge in [-0.2, -0.15) is 0 Å². The Balaban J connectivity index is 1.97. The third kappa shape index (κ3) is 5.09. The predicted octanol–water partition coefficient (Wildman–Crippen LogP) is 1.15.